The summed E-state index contributed by atoms with van der Waals surface area (Å²) in [7, 11) is 0. The molecule has 0 saturated carbocycles. The second-order valence-electron chi connectivity index (χ2n) is 2.85. The van der Waals surface area contributed by atoms with E-state index in [1.807, 2.05) is 0 Å². The Morgan fingerprint density at radius 3 is 2.79 bits per heavy atom. The normalized spacial score (nSPS) is 12.6. The minimum Gasteiger partial charge on any atom is -0.394 e. The highest BCUT2D eigenvalue weighted by Gasteiger charge is 2.03. The lowest BCUT2D eigenvalue weighted by molar-refractivity contribution is 0.105. The molecule has 78 valence electrons. The Bertz CT molecular complexity index is 309. The van der Waals surface area contributed by atoms with Crippen molar-refractivity contribution in [3.8, 4) is 0 Å². The first-order valence-corrected chi connectivity index (χ1v) is 4.90. The third kappa shape index (κ3) is 3.25. The van der Waals surface area contributed by atoms with E-state index in [0.717, 1.165) is 0 Å². The second kappa shape index (κ2) is 5.29. The van der Waals surface area contributed by atoms with Crippen molar-refractivity contribution in [1.82, 2.24) is 0 Å². The van der Waals surface area contributed by atoms with Gasteiger partial charge in [0.15, 0.2) is 0 Å². The van der Waals surface area contributed by atoms with Gasteiger partial charge in [0, 0.05) is 12.2 Å². The Balaban J connectivity index is 2.55. The number of benzene rings is 1. The van der Waals surface area contributed by atoms with Gasteiger partial charge in [-0.1, -0.05) is 0 Å². The van der Waals surface area contributed by atoms with Crippen LogP contribution in [-0.2, 0) is 0 Å². The zero-order valence-electron chi connectivity index (χ0n) is 7.37. The molecule has 3 nitrogen and oxygen atoms in total. The zero-order valence-corrected chi connectivity index (χ0v) is 8.96. The maximum absolute atomic E-state index is 13.0. The lowest BCUT2D eigenvalue weighted by Gasteiger charge is -2.10. The quantitative estimate of drug-likeness (QED) is 0.769. The Morgan fingerprint density at radius 2 is 2.21 bits per heavy atom. The summed E-state index contributed by atoms with van der Waals surface area (Å²) < 4.78 is 13.4. The zero-order chi connectivity index (χ0) is 10.6. The SMILES string of the molecule is OC[C@H](O)CNc1ccc(Br)c(F)c1. The largest absolute Gasteiger partial charge is 0.394 e. The van der Waals surface area contributed by atoms with Crippen LogP contribution in [0, 0.1) is 5.82 Å². The van der Waals surface area contributed by atoms with E-state index in [2.05, 4.69) is 21.2 Å². The molecular weight excluding hydrogens is 253 g/mol. The second-order valence-corrected chi connectivity index (χ2v) is 3.70. The van der Waals surface area contributed by atoms with Crippen LogP contribution >= 0.6 is 15.9 Å². The smallest absolute Gasteiger partial charge is 0.139 e. The number of rotatable bonds is 4. The molecule has 0 saturated heterocycles. The van der Waals surface area contributed by atoms with Crippen molar-refractivity contribution >= 4 is 21.6 Å². The number of aliphatic hydroxyl groups excluding tert-OH is 2. The van der Waals surface area contributed by atoms with E-state index in [4.69, 9.17) is 10.2 Å². The molecule has 1 atom stereocenters. The van der Waals surface area contributed by atoms with Gasteiger partial charge in [-0.25, -0.2) is 4.39 Å². The molecule has 0 heterocycles. The first-order valence-electron chi connectivity index (χ1n) is 4.11. The number of anilines is 1. The Hall–Kier alpha value is -0.650. The lowest BCUT2D eigenvalue weighted by Crippen LogP contribution is -2.22. The third-order valence-electron chi connectivity index (χ3n) is 1.67. The van der Waals surface area contributed by atoms with Crippen LogP contribution in [0.15, 0.2) is 22.7 Å². The predicted molar refractivity (Wildman–Crippen MR) is 55.7 cm³/mol. The molecule has 0 amide bonds. The molecule has 5 heteroatoms. The average Bonchev–Trinajstić information content (AvgIpc) is 2.19. The molecule has 1 rings (SSSR count). The molecule has 0 bridgehead atoms. The first kappa shape index (κ1) is 11.4. The van der Waals surface area contributed by atoms with Gasteiger partial charge >= 0.3 is 0 Å². The molecule has 0 aliphatic heterocycles. The van der Waals surface area contributed by atoms with Crippen LogP contribution in [0.5, 0.6) is 0 Å². The molecule has 0 aromatic heterocycles. The molecule has 0 fully saturated rings. The van der Waals surface area contributed by atoms with Crippen LogP contribution in [0.1, 0.15) is 0 Å². The van der Waals surface area contributed by atoms with E-state index in [1.165, 1.54) is 6.07 Å². The number of hydrogen-bond donors (Lipinski definition) is 3. The van der Waals surface area contributed by atoms with E-state index in [1.54, 1.807) is 12.1 Å². The van der Waals surface area contributed by atoms with Gasteiger partial charge < -0.3 is 15.5 Å². The van der Waals surface area contributed by atoms with Gasteiger partial charge in [-0.3, -0.25) is 0 Å². The lowest BCUT2D eigenvalue weighted by atomic mass is 10.3. The van der Waals surface area contributed by atoms with Crippen molar-refractivity contribution in [2.75, 3.05) is 18.5 Å². The number of halogens is 2. The van der Waals surface area contributed by atoms with Crippen molar-refractivity contribution in [3.05, 3.63) is 28.5 Å². The van der Waals surface area contributed by atoms with Gasteiger partial charge in [-0.15, -0.1) is 0 Å². The van der Waals surface area contributed by atoms with Crippen molar-refractivity contribution in [2.24, 2.45) is 0 Å². The van der Waals surface area contributed by atoms with E-state index in [9.17, 15) is 4.39 Å². The third-order valence-corrected chi connectivity index (χ3v) is 2.32. The molecule has 3 N–H and O–H groups in total. The minimum atomic E-state index is -0.832. The topological polar surface area (TPSA) is 52.5 Å². The fourth-order valence-electron chi connectivity index (χ4n) is 0.906. The summed E-state index contributed by atoms with van der Waals surface area (Å²) in [5.74, 6) is -0.367. The van der Waals surface area contributed by atoms with Crippen LogP contribution in [0.3, 0.4) is 0 Å². The average molecular weight is 264 g/mol. The highest BCUT2D eigenvalue weighted by Crippen LogP contribution is 2.19. The predicted octanol–water partition coefficient (Wildman–Crippen LogP) is 1.35. The van der Waals surface area contributed by atoms with Crippen LogP contribution in [0.4, 0.5) is 10.1 Å². The molecule has 1 aromatic carbocycles. The van der Waals surface area contributed by atoms with Crippen LogP contribution in [-0.4, -0.2) is 29.5 Å². The Morgan fingerprint density at radius 1 is 1.50 bits per heavy atom. The van der Waals surface area contributed by atoms with E-state index in [0.29, 0.717) is 10.2 Å². The van der Waals surface area contributed by atoms with Crippen LogP contribution in [0.2, 0.25) is 0 Å². The number of aliphatic hydroxyl groups is 2. The molecule has 0 radical (unpaired) electrons. The molecular formula is C9H11BrFNO2. The summed E-state index contributed by atoms with van der Waals surface area (Å²) in [4.78, 5) is 0. The summed E-state index contributed by atoms with van der Waals surface area (Å²) >= 11 is 3.03. The van der Waals surface area contributed by atoms with E-state index < -0.39 is 6.10 Å². The molecule has 0 aliphatic carbocycles. The van der Waals surface area contributed by atoms with Crippen molar-refractivity contribution < 1.29 is 14.6 Å². The Kier molecular flexibility index (Phi) is 4.31. The number of hydrogen-bond acceptors (Lipinski definition) is 3. The summed E-state index contributed by atoms with van der Waals surface area (Å²) in [6.45, 7) is -0.121. The fraction of sp³-hybridized carbons (Fsp3) is 0.333. The fourth-order valence-corrected chi connectivity index (χ4v) is 1.15. The standard InChI is InChI=1S/C9H11BrFNO2/c10-8-2-1-6(3-9(8)11)12-4-7(14)5-13/h1-3,7,12-14H,4-5H2/t7-/m1/s1. The van der Waals surface area contributed by atoms with E-state index in [-0.39, 0.29) is 19.0 Å². The summed E-state index contributed by atoms with van der Waals surface area (Å²) in [6, 6.07) is 4.56. The maximum Gasteiger partial charge on any atom is 0.139 e. The van der Waals surface area contributed by atoms with Gasteiger partial charge in [0.2, 0.25) is 0 Å². The monoisotopic (exact) mass is 263 g/mol. The van der Waals surface area contributed by atoms with E-state index >= 15 is 0 Å². The van der Waals surface area contributed by atoms with Gasteiger partial charge in [-0.2, -0.15) is 0 Å². The number of nitrogens with one attached hydrogen (secondary N) is 1. The van der Waals surface area contributed by atoms with Gasteiger partial charge in [0.1, 0.15) is 5.82 Å². The summed E-state index contributed by atoms with van der Waals surface area (Å²) in [5.41, 5.74) is 0.568. The van der Waals surface area contributed by atoms with Gasteiger partial charge in [0.25, 0.3) is 0 Å². The molecule has 14 heavy (non-hydrogen) atoms. The molecule has 0 spiro atoms. The molecule has 0 unspecified atom stereocenters. The maximum atomic E-state index is 13.0. The minimum absolute atomic E-state index is 0.192. The summed E-state index contributed by atoms with van der Waals surface area (Å²) in [5, 5.41) is 20.4. The highest BCUT2D eigenvalue weighted by atomic mass is 79.9. The molecule has 0 aliphatic rings. The van der Waals surface area contributed by atoms with Crippen molar-refractivity contribution in [2.45, 2.75) is 6.10 Å². The summed E-state index contributed by atoms with van der Waals surface area (Å²) in [6.07, 6.45) is -0.832. The Labute approximate surface area is 89.7 Å². The first-order chi connectivity index (χ1) is 6.63. The van der Waals surface area contributed by atoms with Crippen molar-refractivity contribution in [1.29, 1.82) is 0 Å². The van der Waals surface area contributed by atoms with Gasteiger partial charge in [-0.05, 0) is 34.1 Å². The van der Waals surface area contributed by atoms with Crippen molar-refractivity contribution in [3.63, 3.8) is 0 Å². The van der Waals surface area contributed by atoms with Gasteiger partial charge in [0.05, 0.1) is 17.2 Å². The van der Waals surface area contributed by atoms with Crippen LogP contribution in [0.25, 0.3) is 0 Å². The van der Waals surface area contributed by atoms with Crippen LogP contribution < -0.4 is 5.32 Å². The highest BCUT2D eigenvalue weighted by molar-refractivity contribution is 9.10. The molecule has 1 aromatic rings.